The van der Waals surface area contributed by atoms with Crippen molar-refractivity contribution in [2.24, 2.45) is 5.92 Å². The van der Waals surface area contributed by atoms with Crippen LogP contribution in [0.1, 0.15) is 25.3 Å². The number of carbonyl (C=O) groups excluding carboxylic acids is 2. The Bertz CT molecular complexity index is 600. The lowest BCUT2D eigenvalue weighted by atomic mass is 9.96. The third kappa shape index (κ3) is 4.75. The van der Waals surface area contributed by atoms with Gasteiger partial charge in [-0.2, -0.15) is 0 Å². The summed E-state index contributed by atoms with van der Waals surface area (Å²) < 4.78 is 5.43. The topological polar surface area (TPSA) is 53.1 Å². The molecule has 1 atom stereocenters. The van der Waals surface area contributed by atoms with Crippen LogP contribution in [0.5, 0.6) is 0 Å². The Morgan fingerprint density at radius 2 is 1.77 bits per heavy atom. The highest BCUT2D eigenvalue weighted by molar-refractivity contribution is 5.80. The molecule has 0 spiro atoms. The molecule has 1 unspecified atom stereocenters. The van der Waals surface area contributed by atoms with E-state index in [1.54, 1.807) is 4.90 Å². The minimum atomic E-state index is -0.317. The second-order valence-corrected chi connectivity index (χ2v) is 7.08. The molecule has 6 heteroatoms. The second kappa shape index (κ2) is 9.03. The number of ether oxygens (including phenoxy) is 1. The number of nitrogens with zero attached hydrogens (tertiary/aromatic N) is 3. The summed E-state index contributed by atoms with van der Waals surface area (Å²) in [5, 5.41) is 0. The zero-order valence-electron chi connectivity index (χ0n) is 15.6. The van der Waals surface area contributed by atoms with Crippen LogP contribution in [0.2, 0.25) is 0 Å². The molecule has 2 fully saturated rings. The van der Waals surface area contributed by atoms with Crippen LogP contribution in [-0.4, -0.2) is 72.5 Å². The number of likely N-dealkylation sites (tertiary alicyclic amines) is 1. The Hall–Kier alpha value is -2.08. The van der Waals surface area contributed by atoms with Gasteiger partial charge < -0.3 is 19.4 Å². The molecule has 3 rings (SSSR count). The molecule has 0 radical (unpaired) electrons. The Balaban J connectivity index is 1.48. The van der Waals surface area contributed by atoms with Crippen molar-refractivity contribution in [3.05, 3.63) is 35.9 Å². The Morgan fingerprint density at radius 3 is 2.46 bits per heavy atom. The lowest BCUT2D eigenvalue weighted by Gasteiger charge is -2.38. The number of rotatable bonds is 4. The first-order valence-corrected chi connectivity index (χ1v) is 9.64. The molecule has 6 nitrogen and oxygen atoms in total. The van der Waals surface area contributed by atoms with Gasteiger partial charge in [-0.15, -0.1) is 0 Å². The monoisotopic (exact) mass is 359 g/mol. The van der Waals surface area contributed by atoms with Crippen molar-refractivity contribution in [3.63, 3.8) is 0 Å². The standard InChI is InChI=1S/C20H29N3O3/c1-2-21-11-13-22(14-12-21)19(24)18-9-6-10-23(15-18)20(25)26-16-17-7-4-3-5-8-17/h3-5,7-8,18H,2,6,9-16H2,1H3. The molecule has 0 saturated carbocycles. The molecule has 2 saturated heterocycles. The van der Waals surface area contributed by atoms with Gasteiger partial charge in [0.05, 0.1) is 5.92 Å². The van der Waals surface area contributed by atoms with Gasteiger partial charge in [0.25, 0.3) is 0 Å². The fourth-order valence-electron chi connectivity index (χ4n) is 3.70. The third-order valence-electron chi connectivity index (χ3n) is 5.37. The lowest BCUT2D eigenvalue weighted by Crippen LogP contribution is -2.53. The minimum Gasteiger partial charge on any atom is -0.445 e. The zero-order valence-corrected chi connectivity index (χ0v) is 15.6. The maximum Gasteiger partial charge on any atom is 0.410 e. The van der Waals surface area contributed by atoms with Crippen molar-refractivity contribution in [1.29, 1.82) is 0 Å². The fraction of sp³-hybridized carbons (Fsp3) is 0.600. The highest BCUT2D eigenvalue weighted by Crippen LogP contribution is 2.20. The van der Waals surface area contributed by atoms with E-state index >= 15 is 0 Å². The quantitative estimate of drug-likeness (QED) is 0.827. The molecule has 0 bridgehead atoms. The zero-order chi connectivity index (χ0) is 18.4. The van der Waals surface area contributed by atoms with E-state index in [0.29, 0.717) is 13.1 Å². The van der Waals surface area contributed by atoms with Gasteiger partial charge in [0.15, 0.2) is 0 Å². The molecule has 0 aromatic heterocycles. The van der Waals surface area contributed by atoms with E-state index in [0.717, 1.165) is 51.1 Å². The van der Waals surface area contributed by atoms with Gasteiger partial charge in [-0.1, -0.05) is 37.3 Å². The third-order valence-corrected chi connectivity index (χ3v) is 5.37. The molecule has 2 aliphatic heterocycles. The van der Waals surface area contributed by atoms with E-state index in [-0.39, 0.29) is 24.5 Å². The molecule has 142 valence electrons. The summed E-state index contributed by atoms with van der Waals surface area (Å²) in [6, 6.07) is 9.66. The number of piperidine rings is 1. The number of likely N-dealkylation sites (N-methyl/N-ethyl adjacent to an activating group) is 1. The molecule has 26 heavy (non-hydrogen) atoms. The van der Waals surface area contributed by atoms with Crippen LogP contribution in [-0.2, 0) is 16.1 Å². The van der Waals surface area contributed by atoms with Gasteiger partial charge in [-0.05, 0) is 24.9 Å². The van der Waals surface area contributed by atoms with Crippen molar-refractivity contribution in [3.8, 4) is 0 Å². The minimum absolute atomic E-state index is 0.0961. The molecular formula is C20H29N3O3. The van der Waals surface area contributed by atoms with Crippen LogP contribution in [0.3, 0.4) is 0 Å². The summed E-state index contributed by atoms with van der Waals surface area (Å²) in [6.45, 7) is 8.07. The molecule has 0 N–H and O–H groups in total. The lowest BCUT2D eigenvalue weighted by molar-refractivity contribution is -0.138. The van der Waals surface area contributed by atoms with Crippen LogP contribution in [0.15, 0.2) is 30.3 Å². The molecule has 1 aromatic carbocycles. The molecule has 2 amide bonds. The van der Waals surface area contributed by atoms with Crippen LogP contribution in [0.25, 0.3) is 0 Å². The van der Waals surface area contributed by atoms with E-state index in [4.69, 9.17) is 4.74 Å². The van der Waals surface area contributed by atoms with Gasteiger partial charge in [0.1, 0.15) is 6.61 Å². The SMILES string of the molecule is CCN1CCN(C(=O)C2CCCN(C(=O)OCc3ccccc3)C2)CC1. The first-order chi connectivity index (χ1) is 12.7. The average Bonchev–Trinajstić information content (AvgIpc) is 2.72. The van der Waals surface area contributed by atoms with Gasteiger partial charge >= 0.3 is 6.09 Å². The van der Waals surface area contributed by atoms with E-state index in [2.05, 4.69) is 11.8 Å². The number of hydrogen-bond acceptors (Lipinski definition) is 4. The largest absolute Gasteiger partial charge is 0.445 e. The van der Waals surface area contributed by atoms with E-state index in [9.17, 15) is 9.59 Å². The predicted molar refractivity (Wildman–Crippen MR) is 99.6 cm³/mol. The maximum atomic E-state index is 12.8. The van der Waals surface area contributed by atoms with Crippen molar-refractivity contribution in [2.75, 3.05) is 45.8 Å². The highest BCUT2D eigenvalue weighted by Gasteiger charge is 2.32. The van der Waals surface area contributed by atoms with Crippen LogP contribution in [0, 0.1) is 5.92 Å². The van der Waals surface area contributed by atoms with Crippen molar-refractivity contribution in [2.45, 2.75) is 26.4 Å². The summed E-state index contributed by atoms with van der Waals surface area (Å²) in [5.74, 6) is 0.0996. The average molecular weight is 359 g/mol. The Morgan fingerprint density at radius 1 is 1.04 bits per heavy atom. The number of amides is 2. The fourth-order valence-corrected chi connectivity index (χ4v) is 3.70. The van der Waals surface area contributed by atoms with Crippen molar-refractivity contribution < 1.29 is 14.3 Å². The van der Waals surface area contributed by atoms with Gasteiger partial charge in [0, 0.05) is 39.3 Å². The highest BCUT2D eigenvalue weighted by atomic mass is 16.6. The predicted octanol–water partition coefficient (Wildman–Crippen LogP) is 2.20. The first kappa shape index (κ1) is 18.7. The Kier molecular flexibility index (Phi) is 6.50. The summed E-state index contributed by atoms with van der Waals surface area (Å²) in [4.78, 5) is 31.2. The molecule has 1 aromatic rings. The van der Waals surface area contributed by atoms with E-state index in [1.807, 2.05) is 35.2 Å². The first-order valence-electron chi connectivity index (χ1n) is 9.64. The number of piperazine rings is 1. The smallest absolute Gasteiger partial charge is 0.410 e. The van der Waals surface area contributed by atoms with Crippen LogP contribution < -0.4 is 0 Å². The molecule has 2 aliphatic rings. The maximum absolute atomic E-state index is 12.8. The van der Waals surface area contributed by atoms with Gasteiger partial charge in [0.2, 0.25) is 5.91 Å². The second-order valence-electron chi connectivity index (χ2n) is 7.08. The van der Waals surface area contributed by atoms with Gasteiger partial charge in [-0.3, -0.25) is 4.79 Å². The molecule has 2 heterocycles. The number of carbonyl (C=O) groups is 2. The van der Waals surface area contributed by atoms with Crippen LogP contribution >= 0.6 is 0 Å². The normalized spacial score (nSPS) is 21.5. The van der Waals surface area contributed by atoms with Crippen molar-refractivity contribution >= 4 is 12.0 Å². The van der Waals surface area contributed by atoms with Gasteiger partial charge in [-0.25, -0.2) is 4.79 Å². The van der Waals surface area contributed by atoms with Crippen molar-refractivity contribution in [1.82, 2.24) is 14.7 Å². The molecule has 0 aliphatic carbocycles. The summed E-state index contributed by atoms with van der Waals surface area (Å²) in [5.41, 5.74) is 0.972. The summed E-state index contributed by atoms with van der Waals surface area (Å²) in [7, 11) is 0. The summed E-state index contributed by atoms with van der Waals surface area (Å²) in [6.07, 6.45) is 1.39. The molecular weight excluding hydrogens is 330 g/mol. The number of hydrogen-bond donors (Lipinski definition) is 0. The number of benzene rings is 1. The van der Waals surface area contributed by atoms with E-state index in [1.165, 1.54) is 0 Å². The van der Waals surface area contributed by atoms with Crippen LogP contribution in [0.4, 0.5) is 4.79 Å². The van der Waals surface area contributed by atoms with E-state index < -0.39 is 0 Å². The summed E-state index contributed by atoms with van der Waals surface area (Å²) >= 11 is 0. The Labute approximate surface area is 155 Å².